The summed E-state index contributed by atoms with van der Waals surface area (Å²) >= 11 is 0. The van der Waals surface area contributed by atoms with Crippen LogP contribution in [-0.2, 0) is 12.7 Å². The molecule has 2 aromatic rings. The lowest BCUT2D eigenvalue weighted by atomic mass is 10.1. The van der Waals surface area contributed by atoms with Gasteiger partial charge in [-0.2, -0.15) is 13.2 Å². The van der Waals surface area contributed by atoms with E-state index in [1.165, 1.54) is 6.20 Å². The highest BCUT2D eigenvalue weighted by atomic mass is 19.4. The van der Waals surface area contributed by atoms with Gasteiger partial charge in [-0.1, -0.05) is 18.2 Å². The van der Waals surface area contributed by atoms with Crippen molar-refractivity contribution in [2.75, 3.05) is 0 Å². The van der Waals surface area contributed by atoms with Gasteiger partial charge in [-0.05, 0) is 17.2 Å². The quantitative estimate of drug-likeness (QED) is 0.848. The van der Waals surface area contributed by atoms with Crippen LogP contribution in [0.4, 0.5) is 13.2 Å². The number of nitrogens with two attached hydrogens (primary N) is 1. The minimum Gasteiger partial charge on any atom is -0.334 e. The number of hydrogen-bond donors (Lipinski definition) is 2. The Hall–Kier alpha value is -1.82. The van der Waals surface area contributed by atoms with Gasteiger partial charge in [0.1, 0.15) is 0 Å². The molecule has 1 heterocycles. The molecule has 1 aromatic heterocycles. The van der Waals surface area contributed by atoms with Gasteiger partial charge in [0.15, 0.2) is 0 Å². The van der Waals surface area contributed by atoms with Crippen LogP contribution >= 0.6 is 0 Å². The molecular formula is C11H10F3N3. The molecule has 0 radical (unpaired) electrons. The first-order valence-corrected chi connectivity index (χ1v) is 4.92. The highest BCUT2D eigenvalue weighted by Gasteiger charge is 2.34. The molecule has 0 amide bonds. The van der Waals surface area contributed by atoms with Crippen molar-refractivity contribution in [3.8, 4) is 11.3 Å². The number of aromatic nitrogens is 2. The minimum atomic E-state index is -4.45. The summed E-state index contributed by atoms with van der Waals surface area (Å²) in [5, 5.41) is 0. The first-order chi connectivity index (χ1) is 8.00. The van der Waals surface area contributed by atoms with Crippen molar-refractivity contribution in [2.45, 2.75) is 12.7 Å². The molecule has 0 aliphatic carbocycles. The van der Waals surface area contributed by atoms with Crippen molar-refractivity contribution in [3.05, 3.63) is 41.9 Å². The van der Waals surface area contributed by atoms with Gasteiger partial charge in [-0.15, -0.1) is 0 Å². The summed E-state index contributed by atoms with van der Waals surface area (Å²) in [6.45, 7) is 0.341. The molecule has 0 atom stereocenters. The summed E-state index contributed by atoms with van der Waals surface area (Å²) in [4.78, 5) is 5.55. The summed E-state index contributed by atoms with van der Waals surface area (Å²) < 4.78 is 37.0. The van der Waals surface area contributed by atoms with E-state index in [1.807, 2.05) is 6.07 Å². The molecule has 3 nitrogen and oxygen atoms in total. The van der Waals surface area contributed by atoms with E-state index in [2.05, 4.69) is 9.97 Å². The van der Waals surface area contributed by atoms with Gasteiger partial charge in [0.05, 0.1) is 11.9 Å². The third kappa shape index (κ3) is 2.47. The van der Waals surface area contributed by atoms with Crippen molar-refractivity contribution in [2.24, 2.45) is 5.73 Å². The SMILES string of the molecule is NCc1cccc(-c2cnc(C(F)(F)F)[nH]2)c1. The van der Waals surface area contributed by atoms with E-state index in [9.17, 15) is 13.2 Å². The molecule has 0 bridgehead atoms. The van der Waals surface area contributed by atoms with E-state index in [0.29, 0.717) is 17.8 Å². The normalized spacial score (nSPS) is 11.8. The van der Waals surface area contributed by atoms with E-state index < -0.39 is 12.0 Å². The Bertz CT molecular complexity index is 517. The third-order valence-electron chi connectivity index (χ3n) is 2.32. The fraction of sp³-hybridized carbons (Fsp3) is 0.182. The average molecular weight is 241 g/mol. The van der Waals surface area contributed by atoms with Crippen LogP contribution in [0.3, 0.4) is 0 Å². The fourth-order valence-corrected chi connectivity index (χ4v) is 1.48. The molecule has 0 aliphatic rings. The van der Waals surface area contributed by atoms with Crippen molar-refractivity contribution in [1.29, 1.82) is 0 Å². The number of rotatable bonds is 2. The summed E-state index contributed by atoms with van der Waals surface area (Å²) in [6, 6.07) is 6.98. The maximum atomic E-state index is 12.3. The lowest BCUT2D eigenvalue weighted by molar-refractivity contribution is -0.144. The van der Waals surface area contributed by atoms with Crippen LogP contribution in [0.1, 0.15) is 11.4 Å². The van der Waals surface area contributed by atoms with Gasteiger partial charge >= 0.3 is 6.18 Å². The number of nitrogens with zero attached hydrogens (tertiary/aromatic N) is 1. The Labute approximate surface area is 95.5 Å². The Balaban J connectivity index is 2.37. The second kappa shape index (κ2) is 4.21. The second-order valence-electron chi connectivity index (χ2n) is 3.55. The lowest BCUT2D eigenvalue weighted by Gasteiger charge is -2.02. The van der Waals surface area contributed by atoms with Gasteiger partial charge in [-0.25, -0.2) is 4.98 Å². The van der Waals surface area contributed by atoms with Crippen LogP contribution in [-0.4, -0.2) is 9.97 Å². The predicted octanol–water partition coefficient (Wildman–Crippen LogP) is 2.55. The number of aromatic amines is 1. The van der Waals surface area contributed by atoms with Gasteiger partial charge in [-0.3, -0.25) is 0 Å². The van der Waals surface area contributed by atoms with Gasteiger partial charge in [0.25, 0.3) is 0 Å². The topological polar surface area (TPSA) is 54.7 Å². The lowest BCUT2D eigenvalue weighted by Crippen LogP contribution is -2.07. The van der Waals surface area contributed by atoms with E-state index in [-0.39, 0.29) is 0 Å². The largest absolute Gasteiger partial charge is 0.449 e. The second-order valence-corrected chi connectivity index (χ2v) is 3.55. The van der Waals surface area contributed by atoms with E-state index in [4.69, 9.17) is 5.73 Å². The monoisotopic (exact) mass is 241 g/mol. The Morgan fingerprint density at radius 1 is 1.29 bits per heavy atom. The molecule has 0 unspecified atom stereocenters. The van der Waals surface area contributed by atoms with Crippen LogP contribution < -0.4 is 5.73 Å². The van der Waals surface area contributed by atoms with E-state index in [0.717, 1.165) is 5.56 Å². The third-order valence-corrected chi connectivity index (χ3v) is 2.32. The maximum absolute atomic E-state index is 12.3. The molecule has 0 spiro atoms. The number of imidazole rings is 1. The van der Waals surface area contributed by atoms with Gasteiger partial charge in [0, 0.05) is 6.54 Å². The summed E-state index contributed by atoms with van der Waals surface area (Å²) in [5.41, 5.74) is 7.28. The molecule has 90 valence electrons. The van der Waals surface area contributed by atoms with Crippen LogP contribution in [0.2, 0.25) is 0 Å². The highest BCUT2D eigenvalue weighted by Crippen LogP contribution is 2.28. The van der Waals surface area contributed by atoms with Crippen molar-refractivity contribution in [1.82, 2.24) is 9.97 Å². The van der Waals surface area contributed by atoms with Crippen molar-refractivity contribution in [3.63, 3.8) is 0 Å². The predicted molar refractivity (Wildman–Crippen MR) is 56.9 cm³/mol. The zero-order valence-electron chi connectivity index (χ0n) is 8.75. The summed E-state index contributed by atoms with van der Waals surface area (Å²) in [5.74, 6) is -0.995. The molecule has 6 heteroatoms. The summed E-state index contributed by atoms with van der Waals surface area (Å²) in [7, 11) is 0. The van der Waals surface area contributed by atoms with E-state index in [1.54, 1.807) is 18.2 Å². The Morgan fingerprint density at radius 2 is 2.06 bits per heavy atom. The molecule has 0 saturated heterocycles. The number of benzene rings is 1. The maximum Gasteiger partial charge on any atom is 0.449 e. The van der Waals surface area contributed by atoms with Crippen molar-refractivity contribution >= 4 is 0 Å². The zero-order valence-corrected chi connectivity index (χ0v) is 8.75. The first-order valence-electron chi connectivity index (χ1n) is 4.92. The molecule has 2 rings (SSSR count). The zero-order chi connectivity index (χ0) is 12.5. The number of nitrogens with one attached hydrogen (secondary N) is 1. The molecule has 0 saturated carbocycles. The molecule has 17 heavy (non-hydrogen) atoms. The van der Waals surface area contributed by atoms with Crippen LogP contribution in [0.25, 0.3) is 11.3 Å². The molecule has 0 fully saturated rings. The summed E-state index contributed by atoms with van der Waals surface area (Å²) in [6.07, 6.45) is -3.29. The molecular weight excluding hydrogens is 231 g/mol. The minimum absolute atomic E-state index is 0.327. The molecule has 1 aromatic carbocycles. The highest BCUT2D eigenvalue weighted by molar-refractivity contribution is 5.59. The smallest absolute Gasteiger partial charge is 0.334 e. The fourth-order valence-electron chi connectivity index (χ4n) is 1.48. The van der Waals surface area contributed by atoms with Crippen LogP contribution in [0.15, 0.2) is 30.5 Å². The molecule has 0 aliphatic heterocycles. The van der Waals surface area contributed by atoms with Crippen LogP contribution in [0.5, 0.6) is 0 Å². The first kappa shape index (κ1) is 11.7. The van der Waals surface area contributed by atoms with E-state index >= 15 is 0 Å². The standard InChI is InChI=1S/C11H10F3N3/c12-11(13,14)10-16-6-9(17-10)8-3-1-2-7(4-8)5-15/h1-4,6H,5,15H2,(H,16,17). The van der Waals surface area contributed by atoms with Crippen molar-refractivity contribution < 1.29 is 13.2 Å². The number of alkyl halides is 3. The molecule has 3 N–H and O–H groups in total. The Morgan fingerprint density at radius 3 is 2.65 bits per heavy atom. The number of hydrogen-bond acceptors (Lipinski definition) is 2. The Kier molecular flexibility index (Phi) is 2.89. The number of halogens is 3. The number of H-pyrrole nitrogens is 1. The van der Waals surface area contributed by atoms with Gasteiger partial charge in [0.2, 0.25) is 5.82 Å². The van der Waals surface area contributed by atoms with Crippen LogP contribution in [0, 0.1) is 0 Å². The van der Waals surface area contributed by atoms with Gasteiger partial charge < -0.3 is 10.7 Å². The average Bonchev–Trinajstić information content (AvgIpc) is 2.78.